The fourth-order valence-electron chi connectivity index (χ4n) is 1.32. The fraction of sp³-hybridized carbons (Fsp3) is 0.400. The summed E-state index contributed by atoms with van der Waals surface area (Å²) in [6.45, 7) is 1.86. The van der Waals surface area contributed by atoms with Gasteiger partial charge in [-0.2, -0.15) is 0 Å². The van der Waals surface area contributed by atoms with E-state index >= 15 is 0 Å². The Hall–Kier alpha value is -1.03. The van der Waals surface area contributed by atoms with Gasteiger partial charge in [-0.1, -0.05) is 19.1 Å². The third-order valence-corrected chi connectivity index (χ3v) is 3.94. The Balaban J connectivity index is 3.18. The monoisotopic (exact) mass is 213 g/mol. The molecule has 0 aliphatic carbocycles. The molecule has 0 amide bonds. The molecule has 1 N–H and O–H groups in total. The molecule has 14 heavy (non-hydrogen) atoms. The molecule has 0 saturated heterocycles. The summed E-state index contributed by atoms with van der Waals surface area (Å²) in [4.78, 5) is 0.393. The Morgan fingerprint density at radius 3 is 2.50 bits per heavy atom. The SMILES string of the molecule is CCCS(=O)(=O)c1ccccc1NC. The van der Waals surface area contributed by atoms with Crippen molar-refractivity contribution in [1.29, 1.82) is 0 Å². The van der Waals surface area contributed by atoms with Gasteiger partial charge in [0, 0.05) is 7.05 Å². The van der Waals surface area contributed by atoms with Gasteiger partial charge in [-0.25, -0.2) is 8.42 Å². The first-order chi connectivity index (χ1) is 6.61. The van der Waals surface area contributed by atoms with E-state index < -0.39 is 9.84 Å². The van der Waals surface area contributed by atoms with Gasteiger partial charge in [-0.3, -0.25) is 0 Å². The molecule has 1 rings (SSSR count). The number of sulfone groups is 1. The Labute approximate surface area is 85.1 Å². The molecule has 0 bridgehead atoms. The lowest BCUT2D eigenvalue weighted by Gasteiger charge is -2.08. The van der Waals surface area contributed by atoms with Crippen molar-refractivity contribution in [2.75, 3.05) is 18.1 Å². The second-order valence-electron chi connectivity index (χ2n) is 3.07. The van der Waals surface area contributed by atoms with Crippen LogP contribution in [0.3, 0.4) is 0 Å². The minimum atomic E-state index is -3.12. The maximum Gasteiger partial charge on any atom is 0.180 e. The zero-order valence-electron chi connectivity index (χ0n) is 8.45. The van der Waals surface area contributed by atoms with E-state index in [4.69, 9.17) is 0 Å². The van der Waals surface area contributed by atoms with E-state index in [2.05, 4.69) is 5.32 Å². The third kappa shape index (κ3) is 2.26. The van der Waals surface area contributed by atoms with Crippen LogP contribution in [-0.2, 0) is 9.84 Å². The molecule has 0 spiro atoms. The first-order valence-corrected chi connectivity index (χ1v) is 6.26. The highest BCUT2D eigenvalue weighted by atomic mass is 32.2. The van der Waals surface area contributed by atoms with Gasteiger partial charge >= 0.3 is 0 Å². The van der Waals surface area contributed by atoms with Gasteiger partial charge in [0.05, 0.1) is 16.3 Å². The number of rotatable bonds is 4. The quantitative estimate of drug-likeness (QED) is 0.831. The van der Waals surface area contributed by atoms with Gasteiger partial charge in [0.15, 0.2) is 9.84 Å². The third-order valence-electron chi connectivity index (χ3n) is 1.96. The Morgan fingerprint density at radius 2 is 1.93 bits per heavy atom. The van der Waals surface area contributed by atoms with Crippen LogP contribution in [0.5, 0.6) is 0 Å². The minimum Gasteiger partial charge on any atom is -0.387 e. The molecule has 0 aliphatic heterocycles. The zero-order valence-corrected chi connectivity index (χ0v) is 9.26. The number of para-hydroxylation sites is 1. The van der Waals surface area contributed by atoms with Crippen molar-refractivity contribution in [1.82, 2.24) is 0 Å². The zero-order chi connectivity index (χ0) is 10.6. The topological polar surface area (TPSA) is 46.2 Å². The molecule has 0 heterocycles. The molecule has 0 aliphatic rings. The highest BCUT2D eigenvalue weighted by Gasteiger charge is 2.16. The number of nitrogens with one attached hydrogen (secondary N) is 1. The van der Waals surface area contributed by atoms with Gasteiger partial charge in [0.25, 0.3) is 0 Å². The Bertz CT molecular complexity index is 398. The van der Waals surface area contributed by atoms with E-state index in [1.54, 1.807) is 25.2 Å². The Kier molecular flexibility index (Phi) is 3.52. The predicted octanol–water partition coefficient (Wildman–Crippen LogP) is 1.91. The summed E-state index contributed by atoms with van der Waals surface area (Å²) >= 11 is 0. The molecule has 3 nitrogen and oxygen atoms in total. The van der Waals surface area contributed by atoms with Gasteiger partial charge in [-0.05, 0) is 18.6 Å². The fourth-order valence-corrected chi connectivity index (χ4v) is 2.87. The van der Waals surface area contributed by atoms with Crippen LogP contribution in [0.2, 0.25) is 0 Å². The molecule has 0 fully saturated rings. The molecule has 0 atom stereocenters. The van der Waals surface area contributed by atoms with E-state index in [1.807, 2.05) is 13.0 Å². The summed E-state index contributed by atoms with van der Waals surface area (Å²) in [6.07, 6.45) is 0.639. The van der Waals surface area contributed by atoms with Gasteiger partial charge in [0.2, 0.25) is 0 Å². The van der Waals surface area contributed by atoms with Crippen molar-refractivity contribution in [3.05, 3.63) is 24.3 Å². The molecule has 4 heteroatoms. The second-order valence-corrected chi connectivity index (χ2v) is 5.14. The molecule has 0 radical (unpaired) electrons. The van der Waals surface area contributed by atoms with Crippen LogP contribution in [-0.4, -0.2) is 21.2 Å². The van der Waals surface area contributed by atoms with Crippen LogP contribution in [0.25, 0.3) is 0 Å². The van der Waals surface area contributed by atoms with Gasteiger partial charge < -0.3 is 5.32 Å². The lowest BCUT2D eigenvalue weighted by molar-refractivity contribution is 0.595. The average Bonchev–Trinajstić information content (AvgIpc) is 2.18. The van der Waals surface area contributed by atoms with E-state index in [-0.39, 0.29) is 5.75 Å². The second kappa shape index (κ2) is 4.46. The van der Waals surface area contributed by atoms with Crippen LogP contribution >= 0.6 is 0 Å². The van der Waals surface area contributed by atoms with Crippen LogP contribution < -0.4 is 5.32 Å². The molecular formula is C10H15NO2S. The maximum absolute atomic E-state index is 11.8. The lowest BCUT2D eigenvalue weighted by atomic mass is 10.3. The first kappa shape index (κ1) is 11.0. The smallest absolute Gasteiger partial charge is 0.180 e. The summed E-state index contributed by atoms with van der Waals surface area (Å²) in [6, 6.07) is 6.96. The molecular weight excluding hydrogens is 198 g/mol. The maximum atomic E-state index is 11.8. The number of anilines is 1. The highest BCUT2D eigenvalue weighted by molar-refractivity contribution is 7.91. The summed E-state index contributed by atoms with van der Waals surface area (Å²) < 4.78 is 23.5. The average molecular weight is 213 g/mol. The largest absolute Gasteiger partial charge is 0.387 e. The lowest BCUT2D eigenvalue weighted by Crippen LogP contribution is -2.08. The Morgan fingerprint density at radius 1 is 1.29 bits per heavy atom. The van der Waals surface area contributed by atoms with Gasteiger partial charge in [-0.15, -0.1) is 0 Å². The van der Waals surface area contributed by atoms with Crippen molar-refractivity contribution in [3.63, 3.8) is 0 Å². The summed E-state index contributed by atoms with van der Waals surface area (Å²) in [5, 5.41) is 2.88. The minimum absolute atomic E-state index is 0.200. The standard InChI is InChI=1S/C10H15NO2S/c1-3-8-14(12,13)10-7-5-4-6-9(10)11-2/h4-7,11H,3,8H2,1-2H3. The summed E-state index contributed by atoms with van der Waals surface area (Å²) in [5.74, 6) is 0.200. The van der Waals surface area contributed by atoms with E-state index in [9.17, 15) is 8.42 Å². The molecule has 0 saturated carbocycles. The van der Waals surface area contributed by atoms with E-state index in [0.29, 0.717) is 17.0 Å². The van der Waals surface area contributed by atoms with Crippen molar-refractivity contribution in [3.8, 4) is 0 Å². The summed E-state index contributed by atoms with van der Waals surface area (Å²) in [5.41, 5.74) is 0.668. The number of hydrogen-bond acceptors (Lipinski definition) is 3. The molecule has 78 valence electrons. The molecule has 0 aromatic heterocycles. The molecule has 0 unspecified atom stereocenters. The van der Waals surface area contributed by atoms with E-state index in [1.165, 1.54) is 0 Å². The number of benzene rings is 1. The van der Waals surface area contributed by atoms with Gasteiger partial charge in [0.1, 0.15) is 0 Å². The van der Waals surface area contributed by atoms with Crippen LogP contribution in [0.15, 0.2) is 29.2 Å². The highest BCUT2D eigenvalue weighted by Crippen LogP contribution is 2.21. The van der Waals surface area contributed by atoms with Crippen molar-refractivity contribution >= 4 is 15.5 Å². The van der Waals surface area contributed by atoms with Crippen molar-refractivity contribution in [2.24, 2.45) is 0 Å². The normalized spacial score (nSPS) is 11.3. The summed E-state index contributed by atoms with van der Waals surface area (Å²) in [7, 11) is -1.39. The van der Waals surface area contributed by atoms with Crippen LogP contribution in [0.4, 0.5) is 5.69 Å². The molecule has 1 aromatic rings. The van der Waals surface area contributed by atoms with Crippen LogP contribution in [0.1, 0.15) is 13.3 Å². The van der Waals surface area contributed by atoms with Crippen LogP contribution in [0, 0.1) is 0 Å². The van der Waals surface area contributed by atoms with Crippen molar-refractivity contribution in [2.45, 2.75) is 18.2 Å². The first-order valence-electron chi connectivity index (χ1n) is 4.61. The van der Waals surface area contributed by atoms with E-state index in [0.717, 1.165) is 0 Å². The number of hydrogen-bond donors (Lipinski definition) is 1. The van der Waals surface area contributed by atoms with Crippen molar-refractivity contribution < 1.29 is 8.42 Å². The predicted molar refractivity (Wildman–Crippen MR) is 58.3 cm³/mol. The molecule has 1 aromatic carbocycles.